The van der Waals surface area contributed by atoms with Crippen molar-refractivity contribution in [2.75, 3.05) is 27.9 Å². The van der Waals surface area contributed by atoms with Crippen LogP contribution in [-0.2, 0) is 32.0 Å². The fourth-order valence-corrected chi connectivity index (χ4v) is 5.03. The first-order valence-electron chi connectivity index (χ1n) is 9.37. The second-order valence-electron chi connectivity index (χ2n) is 7.70. The minimum Gasteiger partial charge on any atom is -0.496 e. The van der Waals surface area contributed by atoms with Crippen LogP contribution in [-0.4, -0.2) is 61.2 Å². The first-order valence-corrected chi connectivity index (χ1v) is 9.37. The summed E-state index contributed by atoms with van der Waals surface area (Å²) < 4.78 is 10.5. The van der Waals surface area contributed by atoms with Crippen molar-refractivity contribution in [3.05, 3.63) is 28.8 Å². The normalized spacial score (nSPS) is 31.1. The lowest BCUT2D eigenvalue weighted by Crippen LogP contribution is -2.58. The number of hydrogen-bond donors (Lipinski definition) is 2. The van der Waals surface area contributed by atoms with Crippen LogP contribution in [0.3, 0.4) is 0 Å². The zero-order valence-corrected chi connectivity index (χ0v) is 16.2. The number of nitrogens with one attached hydrogen (secondary N) is 1. The molecule has 2 fully saturated rings. The van der Waals surface area contributed by atoms with E-state index in [0.29, 0.717) is 11.3 Å². The van der Waals surface area contributed by atoms with E-state index in [1.807, 2.05) is 12.1 Å². The van der Waals surface area contributed by atoms with Crippen molar-refractivity contribution in [2.45, 2.75) is 30.8 Å². The molecular weight excluding hydrogens is 364 g/mol. The molecule has 2 aliphatic heterocycles. The Hall–Kier alpha value is -2.45. The van der Waals surface area contributed by atoms with Gasteiger partial charge < -0.3 is 14.6 Å². The van der Waals surface area contributed by atoms with Gasteiger partial charge in [-0.05, 0) is 36.5 Å². The number of likely N-dealkylation sites (tertiary alicyclic amines) is 1. The number of imide groups is 1. The molecule has 2 N–H and O–H groups in total. The van der Waals surface area contributed by atoms with Gasteiger partial charge in [-0.3, -0.25) is 19.8 Å². The predicted molar refractivity (Wildman–Crippen MR) is 97.5 cm³/mol. The first-order chi connectivity index (χ1) is 13.4. The number of carbonyl (C=O) groups excluding carboxylic acids is 3. The first kappa shape index (κ1) is 18.9. The Kier molecular flexibility index (Phi) is 4.43. The summed E-state index contributed by atoms with van der Waals surface area (Å²) in [6, 6.07) is 3.31. The van der Waals surface area contributed by atoms with Gasteiger partial charge in [-0.2, -0.15) is 0 Å². The Morgan fingerprint density at radius 3 is 2.54 bits per heavy atom. The smallest absolute Gasteiger partial charge is 0.329 e. The van der Waals surface area contributed by atoms with Crippen LogP contribution in [0.5, 0.6) is 5.75 Å². The highest BCUT2D eigenvalue weighted by molar-refractivity contribution is 6.09. The van der Waals surface area contributed by atoms with Gasteiger partial charge in [0.2, 0.25) is 11.8 Å². The highest BCUT2D eigenvalue weighted by atomic mass is 16.5. The van der Waals surface area contributed by atoms with Crippen LogP contribution in [0.1, 0.15) is 29.2 Å². The number of aliphatic hydroxyl groups excluding tert-OH is 1. The lowest BCUT2D eigenvalue weighted by molar-refractivity contribution is -0.156. The number of methoxy groups -OCH3 is 2. The van der Waals surface area contributed by atoms with Crippen molar-refractivity contribution in [2.24, 2.45) is 11.8 Å². The average Bonchev–Trinajstić information content (AvgIpc) is 3.37. The van der Waals surface area contributed by atoms with Crippen LogP contribution in [0.15, 0.2) is 12.1 Å². The average molecular weight is 388 g/mol. The standard InChI is InChI=1S/C20H24N2O6/c1-22-17(24)14-15(18(22)25)20(9-23,19(26)28-3)21-16(14)12-7-10-5-4-6-11(10)8-13(12)27-2/h7-8,14-16,21,23H,4-6,9H2,1-3H3/t14-,15-,16-,20-/m1/s1. The zero-order chi connectivity index (χ0) is 20.2. The number of amides is 2. The van der Waals surface area contributed by atoms with Crippen LogP contribution in [0.25, 0.3) is 0 Å². The van der Waals surface area contributed by atoms with E-state index in [1.165, 1.54) is 25.3 Å². The van der Waals surface area contributed by atoms with E-state index in [1.54, 1.807) is 7.11 Å². The summed E-state index contributed by atoms with van der Waals surface area (Å²) in [5.41, 5.74) is 1.43. The highest BCUT2D eigenvalue weighted by Gasteiger charge is 2.68. The molecule has 28 heavy (non-hydrogen) atoms. The zero-order valence-electron chi connectivity index (χ0n) is 16.2. The molecule has 150 valence electrons. The number of esters is 1. The Balaban J connectivity index is 1.88. The Morgan fingerprint density at radius 2 is 1.93 bits per heavy atom. The van der Waals surface area contributed by atoms with E-state index >= 15 is 0 Å². The summed E-state index contributed by atoms with van der Waals surface area (Å²) in [5.74, 6) is -2.89. The monoisotopic (exact) mass is 388 g/mol. The molecule has 0 spiro atoms. The molecule has 0 bridgehead atoms. The van der Waals surface area contributed by atoms with Gasteiger partial charge >= 0.3 is 5.97 Å². The molecule has 3 aliphatic rings. The molecular formula is C20H24N2O6. The predicted octanol–water partition coefficient (Wildman–Crippen LogP) is -0.0367. The number of nitrogens with zero attached hydrogens (tertiary/aromatic N) is 1. The Morgan fingerprint density at radius 1 is 1.25 bits per heavy atom. The van der Waals surface area contributed by atoms with Gasteiger partial charge in [-0.15, -0.1) is 0 Å². The molecule has 1 aromatic rings. The number of benzene rings is 1. The van der Waals surface area contributed by atoms with Gasteiger partial charge in [0.15, 0.2) is 5.54 Å². The molecule has 4 rings (SSSR count). The third-order valence-corrected chi connectivity index (χ3v) is 6.45. The minimum absolute atomic E-state index is 0.380. The van der Waals surface area contributed by atoms with Crippen LogP contribution in [0, 0.1) is 11.8 Å². The largest absolute Gasteiger partial charge is 0.496 e. The number of carbonyl (C=O) groups is 3. The number of aliphatic hydroxyl groups is 1. The summed E-state index contributed by atoms with van der Waals surface area (Å²) in [6.07, 6.45) is 2.95. The number of aryl methyl sites for hydroxylation is 2. The quantitative estimate of drug-likeness (QED) is 0.551. The van der Waals surface area contributed by atoms with Crippen LogP contribution in [0.2, 0.25) is 0 Å². The number of ether oxygens (including phenoxy) is 2. The minimum atomic E-state index is -1.67. The topological polar surface area (TPSA) is 105 Å². The maximum absolute atomic E-state index is 12.9. The Bertz CT molecular complexity index is 868. The molecule has 0 radical (unpaired) electrons. The third kappa shape index (κ3) is 2.34. The maximum atomic E-state index is 12.9. The second-order valence-corrected chi connectivity index (χ2v) is 7.70. The van der Waals surface area contributed by atoms with Crippen LogP contribution in [0.4, 0.5) is 0 Å². The van der Waals surface area contributed by atoms with Crippen molar-refractivity contribution < 1.29 is 29.0 Å². The molecule has 0 aromatic heterocycles. The van der Waals surface area contributed by atoms with Crippen molar-refractivity contribution >= 4 is 17.8 Å². The molecule has 1 aromatic carbocycles. The molecule has 2 heterocycles. The van der Waals surface area contributed by atoms with E-state index in [9.17, 15) is 19.5 Å². The molecule has 8 nitrogen and oxygen atoms in total. The Labute approximate surface area is 162 Å². The highest BCUT2D eigenvalue weighted by Crippen LogP contribution is 2.50. The van der Waals surface area contributed by atoms with Gasteiger partial charge in [0, 0.05) is 18.7 Å². The van der Waals surface area contributed by atoms with Crippen molar-refractivity contribution in [1.29, 1.82) is 0 Å². The van der Waals surface area contributed by atoms with E-state index in [4.69, 9.17) is 9.47 Å². The lowest BCUT2D eigenvalue weighted by atomic mass is 9.79. The number of hydrogen-bond acceptors (Lipinski definition) is 7. The van der Waals surface area contributed by atoms with Crippen LogP contribution < -0.4 is 10.1 Å². The molecule has 1 aliphatic carbocycles. The van der Waals surface area contributed by atoms with Crippen molar-refractivity contribution in [3.8, 4) is 5.75 Å². The van der Waals surface area contributed by atoms with E-state index in [-0.39, 0.29) is 5.91 Å². The van der Waals surface area contributed by atoms with Gasteiger partial charge in [0.25, 0.3) is 0 Å². The maximum Gasteiger partial charge on any atom is 0.329 e. The second kappa shape index (κ2) is 6.56. The molecule has 0 saturated carbocycles. The number of fused-ring (bicyclic) bond motifs is 2. The van der Waals surface area contributed by atoms with Gasteiger partial charge in [-0.25, -0.2) is 4.79 Å². The summed E-state index contributed by atoms with van der Waals surface area (Å²) in [4.78, 5) is 39.4. The lowest BCUT2D eigenvalue weighted by Gasteiger charge is -2.30. The van der Waals surface area contributed by atoms with Crippen molar-refractivity contribution in [1.82, 2.24) is 10.2 Å². The summed E-state index contributed by atoms with van der Waals surface area (Å²) >= 11 is 0. The van der Waals surface area contributed by atoms with Crippen molar-refractivity contribution in [3.63, 3.8) is 0 Å². The molecule has 2 saturated heterocycles. The molecule has 4 atom stereocenters. The summed E-state index contributed by atoms with van der Waals surface area (Å²) in [6.45, 7) is -0.655. The summed E-state index contributed by atoms with van der Waals surface area (Å²) in [5, 5.41) is 13.2. The van der Waals surface area contributed by atoms with Gasteiger partial charge in [-0.1, -0.05) is 6.07 Å². The van der Waals surface area contributed by atoms with E-state index in [2.05, 4.69) is 5.32 Å². The third-order valence-electron chi connectivity index (χ3n) is 6.45. The summed E-state index contributed by atoms with van der Waals surface area (Å²) in [7, 11) is 4.16. The van der Waals surface area contributed by atoms with Gasteiger partial charge in [0.05, 0.1) is 32.7 Å². The SMILES string of the molecule is COC(=O)[C@]1(CO)N[C@H](c2cc3c(cc2OC)CCC3)[C@@H]2C(=O)N(C)C(=O)[C@@H]21. The number of rotatable bonds is 4. The van der Waals surface area contributed by atoms with E-state index < -0.39 is 41.9 Å². The van der Waals surface area contributed by atoms with Gasteiger partial charge in [0.1, 0.15) is 5.75 Å². The van der Waals surface area contributed by atoms with Crippen LogP contribution >= 0.6 is 0 Å². The van der Waals surface area contributed by atoms with E-state index in [0.717, 1.165) is 24.2 Å². The molecule has 2 amide bonds. The molecule has 8 heteroatoms. The fraction of sp³-hybridized carbons (Fsp3) is 0.550. The molecule has 0 unspecified atom stereocenters. The fourth-order valence-electron chi connectivity index (χ4n) is 5.03.